The standard InChI is InChI=1S/C23H19N5S/c1-14-12-18(17-8-5-4-6-9-17)13-15(2)22(14)28-23(25-26-27-28)19-10-7-11-20-21(19)24-16(3)29-20/h4-13H,1-3H3. The summed E-state index contributed by atoms with van der Waals surface area (Å²) in [5.74, 6) is 0.708. The molecule has 0 spiro atoms. The van der Waals surface area contributed by atoms with E-state index in [0.29, 0.717) is 5.82 Å². The van der Waals surface area contributed by atoms with Gasteiger partial charge in [-0.1, -0.05) is 36.4 Å². The molecule has 0 atom stereocenters. The molecule has 2 aromatic heterocycles. The molecule has 0 bridgehead atoms. The van der Waals surface area contributed by atoms with E-state index in [1.165, 1.54) is 11.1 Å². The van der Waals surface area contributed by atoms with Crippen molar-refractivity contribution in [3.05, 3.63) is 76.8 Å². The third kappa shape index (κ3) is 3.02. The Bertz CT molecular complexity index is 1310. The molecule has 6 heteroatoms. The highest BCUT2D eigenvalue weighted by Crippen LogP contribution is 2.33. The zero-order valence-corrected chi connectivity index (χ0v) is 17.2. The number of nitrogens with zero attached hydrogens (tertiary/aromatic N) is 5. The van der Waals surface area contributed by atoms with Crippen molar-refractivity contribution in [1.29, 1.82) is 0 Å². The molecule has 29 heavy (non-hydrogen) atoms. The summed E-state index contributed by atoms with van der Waals surface area (Å²) in [5, 5.41) is 13.7. The summed E-state index contributed by atoms with van der Waals surface area (Å²) >= 11 is 1.68. The van der Waals surface area contributed by atoms with Crippen LogP contribution in [0.1, 0.15) is 16.1 Å². The normalized spacial score (nSPS) is 11.3. The third-order valence-corrected chi connectivity index (χ3v) is 5.98. The molecule has 0 unspecified atom stereocenters. The van der Waals surface area contributed by atoms with Crippen molar-refractivity contribution < 1.29 is 0 Å². The number of thiazole rings is 1. The molecule has 142 valence electrons. The van der Waals surface area contributed by atoms with Crippen LogP contribution >= 0.6 is 11.3 Å². The van der Waals surface area contributed by atoms with E-state index in [9.17, 15) is 0 Å². The molecule has 0 aliphatic heterocycles. The molecule has 3 aromatic carbocycles. The SMILES string of the molecule is Cc1nc2c(-c3nnnn3-c3c(C)cc(-c4ccccc4)cc3C)cccc2s1. The number of aryl methyl sites for hydroxylation is 3. The van der Waals surface area contributed by atoms with E-state index < -0.39 is 0 Å². The van der Waals surface area contributed by atoms with Crippen molar-refractivity contribution in [1.82, 2.24) is 25.2 Å². The van der Waals surface area contributed by atoms with E-state index >= 15 is 0 Å². The van der Waals surface area contributed by atoms with Crippen molar-refractivity contribution in [3.63, 3.8) is 0 Å². The van der Waals surface area contributed by atoms with Crippen LogP contribution in [0.25, 0.3) is 38.4 Å². The highest BCUT2D eigenvalue weighted by Gasteiger charge is 2.19. The topological polar surface area (TPSA) is 56.5 Å². The van der Waals surface area contributed by atoms with Gasteiger partial charge in [-0.2, -0.15) is 4.68 Å². The zero-order valence-electron chi connectivity index (χ0n) is 16.4. The summed E-state index contributed by atoms with van der Waals surface area (Å²) in [7, 11) is 0. The van der Waals surface area contributed by atoms with Gasteiger partial charge in [0.1, 0.15) is 0 Å². The zero-order chi connectivity index (χ0) is 20.0. The molecule has 5 nitrogen and oxygen atoms in total. The second-order valence-electron chi connectivity index (χ2n) is 7.12. The molecule has 0 aliphatic carbocycles. The molecule has 0 radical (unpaired) electrons. The van der Waals surface area contributed by atoms with Gasteiger partial charge in [-0.15, -0.1) is 16.4 Å². The van der Waals surface area contributed by atoms with Crippen molar-refractivity contribution in [2.24, 2.45) is 0 Å². The van der Waals surface area contributed by atoms with Gasteiger partial charge in [0.2, 0.25) is 0 Å². The highest BCUT2D eigenvalue weighted by atomic mass is 32.1. The maximum Gasteiger partial charge on any atom is 0.189 e. The largest absolute Gasteiger partial charge is 0.241 e. The Morgan fingerprint density at radius 1 is 0.828 bits per heavy atom. The van der Waals surface area contributed by atoms with Gasteiger partial charge >= 0.3 is 0 Å². The Morgan fingerprint density at radius 2 is 1.59 bits per heavy atom. The number of fused-ring (bicyclic) bond motifs is 1. The average molecular weight is 398 g/mol. The van der Waals surface area contributed by atoms with Gasteiger partial charge in [0, 0.05) is 5.56 Å². The van der Waals surface area contributed by atoms with Crippen LogP contribution in [0.15, 0.2) is 60.7 Å². The Morgan fingerprint density at radius 3 is 2.34 bits per heavy atom. The molecule has 0 saturated heterocycles. The van der Waals surface area contributed by atoms with Crippen LogP contribution < -0.4 is 0 Å². The van der Waals surface area contributed by atoms with Gasteiger partial charge in [0.25, 0.3) is 0 Å². The predicted molar refractivity (Wildman–Crippen MR) is 117 cm³/mol. The van der Waals surface area contributed by atoms with E-state index in [1.54, 1.807) is 11.3 Å². The van der Waals surface area contributed by atoms with Crippen molar-refractivity contribution in [3.8, 4) is 28.2 Å². The van der Waals surface area contributed by atoms with Gasteiger partial charge in [-0.3, -0.25) is 0 Å². The van der Waals surface area contributed by atoms with Crippen LogP contribution in [0, 0.1) is 20.8 Å². The first kappa shape index (κ1) is 17.7. The van der Waals surface area contributed by atoms with Gasteiger partial charge in [0.15, 0.2) is 5.82 Å². The molecule has 0 aliphatic rings. The molecule has 0 amide bonds. The third-order valence-electron chi connectivity index (χ3n) is 5.05. The van der Waals surface area contributed by atoms with E-state index in [1.807, 2.05) is 29.8 Å². The Labute approximate surface area is 172 Å². The molecule has 0 fully saturated rings. The number of rotatable bonds is 3. The lowest BCUT2D eigenvalue weighted by Crippen LogP contribution is -2.05. The first-order chi connectivity index (χ1) is 14.1. The highest BCUT2D eigenvalue weighted by molar-refractivity contribution is 7.18. The summed E-state index contributed by atoms with van der Waals surface area (Å²) in [5.41, 5.74) is 7.54. The summed E-state index contributed by atoms with van der Waals surface area (Å²) in [6, 6.07) is 20.9. The van der Waals surface area contributed by atoms with Gasteiger partial charge < -0.3 is 0 Å². The molecule has 2 heterocycles. The Kier molecular flexibility index (Phi) is 4.21. The lowest BCUT2D eigenvalue weighted by atomic mass is 9.99. The summed E-state index contributed by atoms with van der Waals surface area (Å²) in [6.45, 7) is 6.23. The molecule has 5 aromatic rings. The number of aromatic nitrogens is 5. The second kappa shape index (κ2) is 6.90. The fourth-order valence-corrected chi connectivity index (χ4v) is 4.69. The molecule has 0 N–H and O–H groups in total. The number of benzene rings is 3. The van der Waals surface area contributed by atoms with E-state index in [-0.39, 0.29) is 0 Å². The lowest BCUT2D eigenvalue weighted by Gasteiger charge is -2.14. The summed E-state index contributed by atoms with van der Waals surface area (Å²) < 4.78 is 2.98. The maximum atomic E-state index is 4.71. The van der Waals surface area contributed by atoms with Gasteiger partial charge in [-0.25, -0.2) is 4.98 Å². The van der Waals surface area contributed by atoms with Crippen LogP contribution in [0.4, 0.5) is 0 Å². The minimum absolute atomic E-state index is 0.708. The first-order valence-electron chi connectivity index (χ1n) is 9.44. The lowest BCUT2D eigenvalue weighted by molar-refractivity contribution is 0.784. The molecule has 0 saturated carbocycles. The van der Waals surface area contributed by atoms with Crippen LogP contribution in [0.3, 0.4) is 0 Å². The maximum absolute atomic E-state index is 4.71. The molecular weight excluding hydrogens is 378 g/mol. The summed E-state index contributed by atoms with van der Waals surface area (Å²) in [6.07, 6.45) is 0. The van der Waals surface area contributed by atoms with Crippen LogP contribution in [0.5, 0.6) is 0 Å². The van der Waals surface area contributed by atoms with Gasteiger partial charge in [0.05, 0.1) is 20.9 Å². The Balaban J connectivity index is 1.68. The average Bonchev–Trinajstić information content (AvgIpc) is 3.33. The van der Waals surface area contributed by atoms with Crippen molar-refractivity contribution in [2.45, 2.75) is 20.8 Å². The van der Waals surface area contributed by atoms with Crippen molar-refractivity contribution in [2.75, 3.05) is 0 Å². The second-order valence-corrected chi connectivity index (χ2v) is 8.36. The number of hydrogen-bond donors (Lipinski definition) is 0. The smallest absolute Gasteiger partial charge is 0.189 e. The fourth-order valence-electron chi connectivity index (χ4n) is 3.83. The van der Waals surface area contributed by atoms with Crippen LogP contribution in [-0.2, 0) is 0 Å². The van der Waals surface area contributed by atoms with Crippen molar-refractivity contribution >= 4 is 21.6 Å². The quantitative estimate of drug-likeness (QED) is 0.402. The predicted octanol–water partition coefficient (Wildman–Crippen LogP) is 5.53. The monoisotopic (exact) mass is 397 g/mol. The minimum Gasteiger partial charge on any atom is -0.241 e. The number of para-hydroxylation sites is 1. The minimum atomic E-state index is 0.708. The van der Waals surface area contributed by atoms with E-state index in [4.69, 9.17) is 4.98 Å². The fraction of sp³-hybridized carbons (Fsp3) is 0.130. The summed E-state index contributed by atoms with van der Waals surface area (Å²) in [4.78, 5) is 4.71. The number of tetrazole rings is 1. The van der Waals surface area contributed by atoms with E-state index in [0.717, 1.165) is 37.6 Å². The van der Waals surface area contributed by atoms with Crippen LogP contribution in [0.2, 0.25) is 0 Å². The first-order valence-corrected chi connectivity index (χ1v) is 10.3. The van der Waals surface area contributed by atoms with E-state index in [2.05, 4.69) is 71.8 Å². The number of hydrogen-bond acceptors (Lipinski definition) is 5. The van der Waals surface area contributed by atoms with Gasteiger partial charge in [-0.05, 0) is 77.7 Å². The molecular formula is C23H19N5S. The Hall–Kier alpha value is -3.38. The molecule has 5 rings (SSSR count). The van der Waals surface area contributed by atoms with Crippen LogP contribution in [-0.4, -0.2) is 25.2 Å².